The zero-order valence-electron chi connectivity index (χ0n) is 19.2. The molecule has 1 N–H and O–H groups in total. The molecule has 0 spiro atoms. The molecule has 176 valence electrons. The highest BCUT2D eigenvalue weighted by Crippen LogP contribution is 2.36. The Balaban J connectivity index is 1.55. The maximum atomic E-state index is 13.8. The predicted octanol–water partition coefficient (Wildman–Crippen LogP) is 6.54. The SMILES string of the molecule is C[C@@H](c1ccccc1)N1C[C@@H]([C@@H](O)c2ccc3ccccc3c2)C(=O)N(c2ccc(Cl)cc2)C1=S. The van der Waals surface area contributed by atoms with E-state index in [4.69, 9.17) is 23.8 Å². The van der Waals surface area contributed by atoms with E-state index >= 15 is 0 Å². The first-order valence-corrected chi connectivity index (χ1v) is 12.3. The van der Waals surface area contributed by atoms with E-state index in [2.05, 4.69) is 6.92 Å². The average Bonchev–Trinajstić information content (AvgIpc) is 2.89. The number of hydrogen-bond donors (Lipinski definition) is 1. The Morgan fingerprint density at radius 2 is 1.54 bits per heavy atom. The number of fused-ring (bicyclic) bond motifs is 1. The lowest BCUT2D eigenvalue weighted by atomic mass is 9.90. The number of hydrogen-bond acceptors (Lipinski definition) is 3. The second kappa shape index (κ2) is 9.78. The van der Waals surface area contributed by atoms with Crippen LogP contribution in [0.5, 0.6) is 0 Å². The molecule has 1 aliphatic heterocycles. The van der Waals surface area contributed by atoms with Gasteiger partial charge in [0.1, 0.15) is 0 Å². The number of amides is 1. The lowest BCUT2D eigenvalue weighted by Crippen LogP contribution is -2.58. The number of aliphatic hydroxyl groups is 1. The molecular formula is C29H25ClN2O2S. The molecule has 0 aromatic heterocycles. The molecule has 1 fully saturated rings. The fourth-order valence-corrected chi connectivity index (χ4v) is 5.23. The van der Waals surface area contributed by atoms with Gasteiger partial charge in [-0.1, -0.05) is 78.3 Å². The minimum absolute atomic E-state index is 0.0853. The van der Waals surface area contributed by atoms with Gasteiger partial charge in [-0.05, 0) is 71.4 Å². The van der Waals surface area contributed by atoms with Crippen molar-refractivity contribution in [3.05, 3.63) is 113 Å². The van der Waals surface area contributed by atoms with Crippen molar-refractivity contribution in [1.82, 2.24) is 4.90 Å². The van der Waals surface area contributed by atoms with Crippen LogP contribution in [0.15, 0.2) is 97.1 Å². The minimum Gasteiger partial charge on any atom is -0.388 e. The summed E-state index contributed by atoms with van der Waals surface area (Å²) in [5.41, 5.74) is 2.42. The number of anilines is 1. The van der Waals surface area contributed by atoms with Crippen molar-refractivity contribution in [3.63, 3.8) is 0 Å². The Kier molecular flexibility index (Phi) is 6.56. The monoisotopic (exact) mass is 500 g/mol. The molecule has 0 radical (unpaired) electrons. The van der Waals surface area contributed by atoms with Crippen molar-refractivity contribution in [2.24, 2.45) is 5.92 Å². The molecule has 1 aliphatic rings. The minimum atomic E-state index is -0.990. The molecule has 0 bridgehead atoms. The van der Waals surface area contributed by atoms with Gasteiger partial charge in [0.2, 0.25) is 5.91 Å². The van der Waals surface area contributed by atoms with Gasteiger partial charge in [-0.15, -0.1) is 0 Å². The highest BCUT2D eigenvalue weighted by Gasteiger charge is 2.43. The van der Waals surface area contributed by atoms with E-state index in [0.29, 0.717) is 27.9 Å². The van der Waals surface area contributed by atoms with Gasteiger partial charge in [0.15, 0.2) is 5.11 Å². The smallest absolute Gasteiger partial charge is 0.241 e. The second-order valence-electron chi connectivity index (χ2n) is 8.83. The summed E-state index contributed by atoms with van der Waals surface area (Å²) in [7, 11) is 0. The van der Waals surface area contributed by atoms with Gasteiger partial charge < -0.3 is 10.0 Å². The maximum absolute atomic E-state index is 13.8. The Morgan fingerprint density at radius 3 is 2.26 bits per heavy atom. The first-order chi connectivity index (χ1) is 16.9. The Labute approximate surface area is 215 Å². The van der Waals surface area contributed by atoms with Gasteiger partial charge in [-0.25, -0.2) is 0 Å². The van der Waals surface area contributed by atoms with Crippen LogP contribution in [0.25, 0.3) is 10.8 Å². The van der Waals surface area contributed by atoms with Crippen LogP contribution < -0.4 is 4.90 Å². The summed E-state index contributed by atoms with van der Waals surface area (Å²) in [6.45, 7) is 2.38. The number of aliphatic hydroxyl groups excluding tert-OH is 1. The Bertz CT molecular complexity index is 1380. The van der Waals surface area contributed by atoms with Crippen LogP contribution in [0.3, 0.4) is 0 Å². The molecule has 1 saturated heterocycles. The molecule has 0 unspecified atom stereocenters. The number of nitrogens with zero attached hydrogens (tertiary/aromatic N) is 2. The fourth-order valence-electron chi connectivity index (χ4n) is 4.68. The van der Waals surface area contributed by atoms with Crippen molar-refractivity contribution in [1.29, 1.82) is 0 Å². The van der Waals surface area contributed by atoms with Gasteiger partial charge in [0.05, 0.1) is 23.8 Å². The number of carbonyl (C=O) groups is 1. The summed E-state index contributed by atoms with van der Waals surface area (Å²) in [4.78, 5) is 17.4. The maximum Gasteiger partial charge on any atom is 0.241 e. The van der Waals surface area contributed by atoms with E-state index in [-0.39, 0.29) is 11.9 Å². The van der Waals surface area contributed by atoms with Crippen LogP contribution in [-0.2, 0) is 4.79 Å². The molecular weight excluding hydrogens is 476 g/mol. The number of benzene rings is 4. The zero-order valence-corrected chi connectivity index (χ0v) is 20.8. The third kappa shape index (κ3) is 4.55. The summed E-state index contributed by atoms with van der Waals surface area (Å²) in [5.74, 6) is -0.931. The Hall–Kier alpha value is -3.25. The largest absolute Gasteiger partial charge is 0.388 e. The van der Waals surface area contributed by atoms with Crippen molar-refractivity contribution in [2.75, 3.05) is 11.4 Å². The quantitative estimate of drug-likeness (QED) is 0.316. The zero-order chi connectivity index (χ0) is 24.5. The van der Waals surface area contributed by atoms with Crippen LogP contribution in [-0.4, -0.2) is 27.6 Å². The topological polar surface area (TPSA) is 43.8 Å². The molecule has 4 aromatic carbocycles. The molecule has 1 amide bonds. The van der Waals surface area contributed by atoms with Crippen LogP contribution in [0.2, 0.25) is 5.02 Å². The third-order valence-corrected chi connectivity index (χ3v) is 7.37. The van der Waals surface area contributed by atoms with Gasteiger partial charge in [0.25, 0.3) is 0 Å². The first-order valence-electron chi connectivity index (χ1n) is 11.6. The van der Waals surface area contributed by atoms with Crippen molar-refractivity contribution in [3.8, 4) is 0 Å². The lowest BCUT2D eigenvalue weighted by Gasteiger charge is -2.45. The summed E-state index contributed by atoms with van der Waals surface area (Å²) < 4.78 is 0. The van der Waals surface area contributed by atoms with Crippen molar-refractivity contribution in [2.45, 2.75) is 19.1 Å². The van der Waals surface area contributed by atoms with E-state index in [9.17, 15) is 9.90 Å². The third-order valence-electron chi connectivity index (χ3n) is 6.70. The molecule has 0 saturated carbocycles. The van der Waals surface area contributed by atoms with E-state index in [1.165, 1.54) is 4.90 Å². The molecule has 0 aliphatic carbocycles. The summed E-state index contributed by atoms with van der Waals surface area (Å²) in [6.07, 6.45) is -0.990. The summed E-state index contributed by atoms with van der Waals surface area (Å²) in [6, 6.07) is 30.8. The van der Waals surface area contributed by atoms with E-state index < -0.39 is 12.0 Å². The highest BCUT2D eigenvalue weighted by atomic mass is 35.5. The molecule has 6 heteroatoms. The highest BCUT2D eigenvalue weighted by molar-refractivity contribution is 7.80. The number of thiocarbonyl (C=S) groups is 1. The van der Waals surface area contributed by atoms with Gasteiger partial charge in [-0.2, -0.15) is 0 Å². The van der Waals surface area contributed by atoms with Gasteiger partial charge in [0, 0.05) is 11.6 Å². The first kappa shape index (κ1) is 23.5. The van der Waals surface area contributed by atoms with Gasteiger partial charge >= 0.3 is 0 Å². The Morgan fingerprint density at radius 1 is 0.886 bits per heavy atom. The van der Waals surface area contributed by atoms with Crippen LogP contribution in [0.4, 0.5) is 5.69 Å². The van der Waals surface area contributed by atoms with Crippen LogP contribution in [0, 0.1) is 5.92 Å². The standard InChI is InChI=1S/C29H25ClN2O2S/c1-19(20-7-3-2-4-8-20)31-18-26(27(33)23-12-11-21-9-5-6-10-22(21)17-23)28(34)32(29(31)35)25-15-13-24(30)14-16-25/h2-17,19,26-27,33H,18H2,1H3/t19-,26-,27-/m0/s1. The average molecular weight is 501 g/mol. The number of carbonyl (C=O) groups excluding carboxylic acids is 1. The molecule has 5 rings (SSSR count). The van der Waals surface area contributed by atoms with Crippen LogP contribution >= 0.6 is 23.8 Å². The predicted molar refractivity (Wildman–Crippen MR) is 145 cm³/mol. The van der Waals surface area contributed by atoms with E-state index in [1.807, 2.05) is 77.7 Å². The van der Waals surface area contributed by atoms with E-state index in [1.54, 1.807) is 24.3 Å². The van der Waals surface area contributed by atoms with E-state index in [0.717, 1.165) is 16.3 Å². The van der Waals surface area contributed by atoms with Crippen molar-refractivity contribution >= 4 is 51.3 Å². The lowest BCUT2D eigenvalue weighted by molar-refractivity contribution is -0.127. The van der Waals surface area contributed by atoms with Crippen molar-refractivity contribution < 1.29 is 9.90 Å². The molecule has 35 heavy (non-hydrogen) atoms. The summed E-state index contributed by atoms with van der Waals surface area (Å²) in [5, 5.41) is 14.6. The molecule has 3 atom stereocenters. The van der Waals surface area contributed by atoms with Crippen LogP contribution in [0.1, 0.15) is 30.2 Å². The number of rotatable bonds is 5. The molecule has 4 aromatic rings. The molecule has 4 nitrogen and oxygen atoms in total. The van der Waals surface area contributed by atoms with Gasteiger partial charge in [-0.3, -0.25) is 9.69 Å². The second-order valence-corrected chi connectivity index (χ2v) is 9.63. The molecule has 1 heterocycles. The summed E-state index contributed by atoms with van der Waals surface area (Å²) >= 11 is 12.0. The normalized spacial score (nSPS) is 18.1. The number of halogens is 1. The fraction of sp³-hybridized carbons (Fsp3) is 0.172.